The van der Waals surface area contributed by atoms with Crippen LogP contribution in [0.15, 0.2) is 5.38 Å². The quantitative estimate of drug-likeness (QED) is 0.552. The van der Waals surface area contributed by atoms with E-state index in [1.807, 2.05) is 0 Å². The Balaban J connectivity index is 2.94. The summed E-state index contributed by atoms with van der Waals surface area (Å²) >= 11 is 1.11. The van der Waals surface area contributed by atoms with E-state index in [0.29, 0.717) is 0 Å². The van der Waals surface area contributed by atoms with Crippen molar-refractivity contribution < 1.29 is 9.90 Å². The molecule has 0 aliphatic heterocycles. The van der Waals surface area contributed by atoms with E-state index in [9.17, 15) is 4.79 Å². The van der Waals surface area contributed by atoms with Crippen molar-refractivity contribution in [2.75, 3.05) is 5.73 Å². The van der Waals surface area contributed by atoms with Gasteiger partial charge in [0, 0.05) is 5.38 Å². The Morgan fingerprint density at radius 2 is 2.45 bits per heavy atom. The van der Waals surface area contributed by atoms with Crippen molar-refractivity contribution in [3.05, 3.63) is 11.1 Å². The minimum absolute atomic E-state index is 0.111. The van der Waals surface area contributed by atoms with Gasteiger partial charge >= 0.3 is 5.97 Å². The van der Waals surface area contributed by atoms with Gasteiger partial charge in [0.25, 0.3) is 0 Å². The summed E-state index contributed by atoms with van der Waals surface area (Å²) in [5, 5.41) is 17.0. The second-order valence-electron chi connectivity index (χ2n) is 1.75. The third-order valence-electron chi connectivity index (χ3n) is 0.992. The van der Waals surface area contributed by atoms with Crippen molar-refractivity contribution in [2.45, 2.75) is 0 Å². The van der Waals surface area contributed by atoms with Gasteiger partial charge < -0.3 is 10.8 Å². The van der Waals surface area contributed by atoms with Crippen LogP contribution < -0.4 is 5.73 Å². The Morgan fingerprint density at radius 3 is 2.82 bits per heavy atom. The van der Waals surface area contributed by atoms with E-state index in [0.717, 1.165) is 11.3 Å². The Hall–Kier alpha value is -1.43. The maximum absolute atomic E-state index is 10.2. The number of anilines is 1. The highest BCUT2D eigenvalue weighted by Gasteiger charge is 2.12. The molecular weight excluding hydrogens is 166 g/mol. The van der Waals surface area contributed by atoms with Gasteiger partial charge in [-0.05, 0) is 0 Å². The van der Waals surface area contributed by atoms with E-state index in [2.05, 4.69) is 4.98 Å². The van der Waals surface area contributed by atoms with Gasteiger partial charge in [-0.1, -0.05) is 0 Å². The van der Waals surface area contributed by atoms with Gasteiger partial charge in [0.05, 0.1) is 0 Å². The number of rotatable bonds is 2. The number of carboxylic acid groups (broad SMARTS) is 1. The van der Waals surface area contributed by atoms with Crippen LogP contribution in [0.2, 0.25) is 0 Å². The summed E-state index contributed by atoms with van der Waals surface area (Å²) in [6, 6.07) is 0. The largest absolute Gasteiger partial charge is 0.476 e. The molecule has 0 saturated heterocycles. The summed E-state index contributed by atoms with van der Waals surface area (Å²) in [6.45, 7) is 0. The van der Waals surface area contributed by atoms with Gasteiger partial charge in [0.1, 0.15) is 5.69 Å². The Labute approximate surface area is 66.0 Å². The van der Waals surface area contributed by atoms with Crippen LogP contribution in [0.3, 0.4) is 0 Å². The lowest BCUT2D eigenvalue weighted by Gasteiger charge is -1.88. The maximum Gasteiger partial charge on any atom is 0.356 e. The molecule has 1 aromatic heterocycles. The fourth-order valence-electron chi connectivity index (χ4n) is 0.512. The normalized spacial score (nSPS) is 9.45. The van der Waals surface area contributed by atoms with Crippen LogP contribution in [0.5, 0.6) is 0 Å². The molecule has 1 heterocycles. The summed E-state index contributed by atoms with van der Waals surface area (Å²) < 4.78 is 0. The number of nitrogens with two attached hydrogens (primary N) is 1. The molecule has 1 rings (SSSR count). The molecular formula is C5H5N3O2S. The molecule has 0 aliphatic rings. The Morgan fingerprint density at radius 1 is 1.82 bits per heavy atom. The second-order valence-corrected chi connectivity index (χ2v) is 2.64. The zero-order valence-corrected chi connectivity index (χ0v) is 6.18. The van der Waals surface area contributed by atoms with Gasteiger partial charge in [-0.3, -0.25) is 5.41 Å². The van der Waals surface area contributed by atoms with Crippen LogP contribution in [0.4, 0.5) is 5.13 Å². The van der Waals surface area contributed by atoms with E-state index < -0.39 is 11.7 Å². The molecule has 0 fully saturated rings. The summed E-state index contributed by atoms with van der Waals surface area (Å²) in [5.74, 6) is -1.30. The summed E-state index contributed by atoms with van der Waals surface area (Å²) in [5.41, 5.74) is 4.82. The van der Waals surface area contributed by atoms with Crippen molar-refractivity contribution in [3.63, 3.8) is 0 Å². The van der Waals surface area contributed by atoms with E-state index in [-0.39, 0.29) is 10.8 Å². The fraction of sp³-hybridized carbons (Fsp3) is 0. The molecule has 0 bridgehead atoms. The zero-order valence-electron chi connectivity index (χ0n) is 5.37. The highest BCUT2D eigenvalue weighted by Crippen LogP contribution is 2.11. The van der Waals surface area contributed by atoms with Crippen molar-refractivity contribution in [2.24, 2.45) is 0 Å². The first-order valence-corrected chi connectivity index (χ1v) is 3.52. The molecule has 0 unspecified atom stereocenters. The number of hydrogen-bond acceptors (Lipinski definition) is 5. The lowest BCUT2D eigenvalue weighted by atomic mass is 10.3. The van der Waals surface area contributed by atoms with E-state index in [4.69, 9.17) is 16.2 Å². The molecule has 0 amide bonds. The van der Waals surface area contributed by atoms with Crippen molar-refractivity contribution in [1.82, 2.24) is 4.98 Å². The Bertz CT molecular complexity index is 306. The van der Waals surface area contributed by atoms with E-state index >= 15 is 0 Å². The first-order chi connectivity index (χ1) is 5.11. The minimum Gasteiger partial charge on any atom is -0.476 e. The fourth-order valence-corrected chi connectivity index (χ4v) is 1.07. The number of nitrogen functional groups attached to an aromatic ring is 1. The average Bonchev–Trinajstić information content (AvgIpc) is 2.34. The maximum atomic E-state index is 10.2. The molecule has 6 heteroatoms. The molecule has 1 aromatic rings. The highest BCUT2D eigenvalue weighted by atomic mass is 32.1. The van der Waals surface area contributed by atoms with E-state index in [1.165, 1.54) is 5.38 Å². The number of thiazole rings is 1. The topological polar surface area (TPSA) is 100 Å². The third-order valence-corrected chi connectivity index (χ3v) is 1.67. The van der Waals surface area contributed by atoms with E-state index in [1.54, 1.807) is 0 Å². The number of carbonyl (C=O) groups is 1. The Kier molecular flexibility index (Phi) is 1.86. The minimum atomic E-state index is -1.30. The third kappa shape index (κ3) is 1.53. The lowest BCUT2D eigenvalue weighted by molar-refractivity contribution is -0.129. The smallest absolute Gasteiger partial charge is 0.356 e. The molecule has 11 heavy (non-hydrogen) atoms. The number of aromatic nitrogens is 1. The summed E-state index contributed by atoms with van der Waals surface area (Å²) in [6.07, 6.45) is 0. The number of carboxylic acids is 1. The molecule has 0 aromatic carbocycles. The van der Waals surface area contributed by atoms with Gasteiger partial charge in [0.15, 0.2) is 10.8 Å². The summed E-state index contributed by atoms with van der Waals surface area (Å²) in [4.78, 5) is 13.8. The summed E-state index contributed by atoms with van der Waals surface area (Å²) in [7, 11) is 0. The first kappa shape index (κ1) is 7.67. The van der Waals surface area contributed by atoms with Crippen LogP contribution in [0.1, 0.15) is 5.69 Å². The van der Waals surface area contributed by atoms with Crippen LogP contribution >= 0.6 is 11.3 Å². The molecule has 0 spiro atoms. The molecule has 58 valence electrons. The SMILES string of the molecule is N=C(C(=O)O)c1csc(N)n1. The predicted octanol–water partition coefficient (Wildman–Crippen LogP) is 0.178. The number of aliphatic carboxylic acids is 1. The van der Waals surface area contributed by atoms with Gasteiger partial charge in [0.2, 0.25) is 0 Å². The monoisotopic (exact) mass is 171 g/mol. The number of nitrogens with zero attached hydrogens (tertiary/aromatic N) is 1. The van der Waals surface area contributed by atoms with Crippen molar-refractivity contribution in [3.8, 4) is 0 Å². The molecule has 0 radical (unpaired) electrons. The van der Waals surface area contributed by atoms with Crippen LogP contribution in [0, 0.1) is 5.41 Å². The average molecular weight is 171 g/mol. The first-order valence-electron chi connectivity index (χ1n) is 2.64. The van der Waals surface area contributed by atoms with Gasteiger partial charge in [-0.2, -0.15) is 0 Å². The molecule has 0 atom stereocenters. The number of hydrogen-bond donors (Lipinski definition) is 3. The highest BCUT2D eigenvalue weighted by molar-refractivity contribution is 7.13. The van der Waals surface area contributed by atoms with Crippen molar-refractivity contribution in [1.29, 1.82) is 5.41 Å². The predicted molar refractivity (Wildman–Crippen MR) is 41.0 cm³/mol. The number of nitrogens with one attached hydrogen (secondary N) is 1. The lowest BCUT2D eigenvalue weighted by Crippen LogP contribution is -2.12. The second kappa shape index (κ2) is 2.67. The van der Waals surface area contributed by atoms with Gasteiger partial charge in [-0.15, -0.1) is 11.3 Å². The van der Waals surface area contributed by atoms with Gasteiger partial charge in [-0.25, -0.2) is 9.78 Å². The molecule has 0 aliphatic carbocycles. The molecule has 4 N–H and O–H groups in total. The standard InChI is InChI=1S/C5H5N3O2S/c6-3(4(9)10)2-1-11-5(7)8-2/h1,6H,(H2,7,8)(H,9,10). The molecule has 0 saturated carbocycles. The van der Waals surface area contributed by atoms with Crippen molar-refractivity contribution >= 4 is 28.1 Å². The van der Waals surface area contributed by atoms with Crippen LogP contribution in [-0.2, 0) is 4.79 Å². The molecule has 5 nitrogen and oxygen atoms in total. The zero-order chi connectivity index (χ0) is 8.43. The van der Waals surface area contributed by atoms with Crippen LogP contribution in [0.25, 0.3) is 0 Å². The van der Waals surface area contributed by atoms with Crippen LogP contribution in [-0.4, -0.2) is 21.8 Å².